The van der Waals surface area contributed by atoms with Gasteiger partial charge in [-0.15, -0.1) is 10.2 Å². The number of hydrogen-bond acceptors (Lipinski definition) is 4. The van der Waals surface area contributed by atoms with Crippen molar-refractivity contribution < 1.29 is 18.4 Å². The van der Waals surface area contributed by atoms with E-state index in [9.17, 15) is 18.4 Å². The van der Waals surface area contributed by atoms with Gasteiger partial charge in [-0.25, -0.2) is 8.78 Å². The highest BCUT2D eigenvalue weighted by Gasteiger charge is 2.43. The van der Waals surface area contributed by atoms with Crippen LogP contribution in [0.5, 0.6) is 0 Å². The van der Waals surface area contributed by atoms with Crippen LogP contribution in [0.15, 0.2) is 24.4 Å². The quantitative estimate of drug-likeness (QED) is 0.266. The molecule has 1 aliphatic carbocycles. The zero-order valence-electron chi connectivity index (χ0n) is 14.5. The summed E-state index contributed by atoms with van der Waals surface area (Å²) >= 11 is 7.90. The summed E-state index contributed by atoms with van der Waals surface area (Å²) in [7, 11) is 1.44. The molecule has 6 nitrogen and oxygen atoms in total. The summed E-state index contributed by atoms with van der Waals surface area (Å²) in [4.78, 5) is 22.6. The Kier molecular flexibility index (Phi) is 6.23. The number of nitrogens with one attached hydrogen (secondary N) is 2. The molecule has 0 saturated heterocycles. The van der Waals surface area contributed by atoms with Crippen molar-refractivity contribution in [1.29, 1.82) is 0 Å². The predicted octanol–water partition coefficient (Wildman–Crippen LogP) is 3.12. The summed E-state index contributed by atoms with van der Waals surface area (Å²) in [5.74, 6) is -1.86. The fourth-order valence-electron chi connectivity index (χ4n) is 3.00. The van der Waals surface area contributed by atoms with Crippen molar-refractivity contribution in [2.75, 3.05) is 7.05 Å². The maximum absolute atomic E-state index is 14.3. The van der Waals surface area contributed by atoms with Crippen molar-refractivity contribution in [3.63, 3.8) is 0 Å². The van der Waals surface area contributed by atoms with Crippen LogP contribution in [-0.2, 0) is 9.59 Å². The Morgan fingerprint density at radius 2 is 1.93 bits per heavy atom. The van der Waals surface area contributed by atoms with E-state index in [0.29, 0.717) is 18.4 Å². The van der Waals surface area contributed by atoms with Gasteiger partial charge in [0.15, 0.2) is 5.15 Å². The molecular formula is C18H14ClF2IN4O2. The second-order valence-electron chi connectivity index (χ2n) is 6.13. The van der Waals surface area contributed by atoms with Crippen molar-refractivity contribution in [2.24, 2.45) is 0 Å². The molecule has 2 atom stereocenters. The van der Waals surface area contributed by atoms with Crippen LogP contribution in [0.2, 0.25) is 5.15 Å². The van der Waals surface area contributed by atoms with Crippen molar-refractivity contribution in [3.05, 3.63) is 61.6 Å². The van der Waals surface area contributed by atoms with Gasteiger partial charge >= 0.3 is 0 Å². The maximum Gasteiger partial charge on any atom is 0.254 e. The molecule has 2 aromatic rings. The van der Waals surface area contributed by atoms with Gasteiger partial charge in [0, 0.05) is 13.2 Å². The molecular weight excluding hydrogens is 505 g/mol. The van der Waals surface area contributed by atoms with Gasteiger partial charge in [0.25, 0.3) is 5.91 Å². The van der Waals surface area contributed by atoms with Gasteiger partial charge < -0.3 is 10.6 Å². The summed E-state index contributed by atoms with van der Waals surface area (Å²) in [5, 5.41) is 12.7. The molecule has 0 spiro atoms. The summed E-state index contributed by atoms with van der Waals surface area (Å²) in [6, 6.07) is 3.94. The van der Waals surface area contributed by atoms with E-state index in [1.54, 1.807) is 28.7 Å². The molecule has 2 N–H and O–H groups in total. The number of nitrogens with zero attached hydrogens (tertiary/aromatic N) is 2. The Balaban J connectivity index is 1.94. The number of benzene rings is 1. The van der Waals surface area contributed by atoms with Crippen molar-refractivity contribution in [2.45, 2.75) is 18.3 Å². The number of halogens is 4. The number of carbonyl (C=O) groups excluding carboxylic acids is 2. The first kappa shape index (κ1) is 20.6. The minimum atomic E-state index is -0.480. The minimum absolute atomic E-state index is 0.0868. The second kappa shape index (κ2) is 8.48. The van der Waals surface area contributed by atoms with Crippen LogP contribution in [0.3, 0.4) is 0 Å². The molecule has 1 aromatic heterocycles. The van der Waals surface area contributed by atoms with Crippen LogP contribution in [0.25, 0.3) is 5.57 Å². The van der Waals surface area contributed by atoms with E-state index in [-0.39, 0.29) is 37.4 Å². The Morgan fingerprint density at radius 3 is 2.61 bits per heavy atom. The van der Waals surface area contributed by atoms with Crippen molar-refractivity contribution in [3.8, 4) is 0 Å². The third kappa shape index (κ3) is 4.14. The second-order valence-corrected chi connectivity index (χ2v) is 7.65. The normalized spacial score (nSPS) is 18.5. The van der Waals surface area contributed by atoms with E-state index in [2.05, 4.69) is 20.8 Å². The molecule has 0 radical (unpaired) electrons. The zero-order valence-corrected chi connectivity index (χ0v) is 17.4. The minimum Gasteiger partial charge on any atom is -0.355 e. The lowest BCUT2D eigenvalue weighted by atomic mass is 10.0. The maximum atomic E-state index is 14.3. The number of aromatic nitrogens is 2. The predicted molar refractivity (Wildman–Crippen MR) is 107 cm³/mol. The fraction of sp³-hybridized carbons (Fsp3) is 0.222. The van der Waals surface area contributed by atoms with Crippen LogP contribution in [0.1, 0.15) is 35.1 Å². The lowest BCUT2D eigenvalue weighted by Crippen LogP contribution is -2.22. The molecule has 0 bridgehead atoms. The van der Waals surface area contributed by atoms with Gasteiger partial charge in [-0.1, -0.05) is 11.6 Å². The first-order chi connectivity index (χ1) is 13.4. The fourth-order valence-corrected chi connectivity index (χ4v) is 3.66. The highest BCUT2D eigenvalue weighted by Crippen LogP contribution is 2.56. The van der Waals surface area contributed by atoms with Crippen LogP contribution in [-0.4, -0.2) is 29.6 Å². The highest BCUT2D eigenvalue weighted by molar-refractivity contribution is 14.1. The largest absolute Gasteiger partial charge is 0.355 e. The number of hydrogen-bond donors (Lipinski definition) is 2. The molecule has 1 heterocycles. The van der Waals surface area contributed by atoms with E-state index in [1.807, 2.05) is 0 Å². The molecule has 1 fully saturated rings. The molecule has 2 unspecified atom stereocenters. The molecule has 0 aliphatic heterocycles. The Bertz CT molecular complexity index is 986. The lowest BCUT2D eigenvalue weighted by molar-refractivity contribution is -0.115. The molecule has 3 rings (SSSR count). The topological polar surface area (TPSA) is 84.0 Å². The molecule has 1 aliphatic rings. The third-order valence-corrected chi connectivity index (χ3v) is 5.57. The van der Waals surface area contributed by atoms with E-state index < -0.39 is 17.5 Å². The molecule has 146 valence electrons. The van der Waals surface area contributed by atoms with E-state index >= 15 is 0 Å². The standard InChI is InChI=1S/C18H14ClF2IN4O2/c1-23-18(28)12(6-24-7-27)16-4-11(17(19)26-25-16)9-2-8(9)10-3-14(21)15(22)5-13(10)20/h3-9H,2H2,1H3,(H,23,28)(H,24,27)/b12-6-. The van der Waals surface area contributed by atoms with Gasteiger partial charge in [-0.3, -0.25) is 9.59 Å². The number of carbonyl (C=O) groups is 2. The average molecular weight is 519 g/mol. The van der Waals surface area contributed by atoms with E-state index in [4.69, 9.17) is 11.6 Å². The first-order valence-electron chi connectivity index (χ1n) is 8.17. The van der Waals surface area contributed by atoms with Gasteiger partial charge in [0.2, 0.25) is 6.41 Å². The average Bonchev–Trinajstić information content (AvgIpc) is 3.46. The van der Waals surface area contributed by atoms with Gasteiger partial charge in [0.1, 0.15) is 17.3 Å². The third-order valence-electron chi connectivity index (χ3n) is 4.45. The van der Waals surface area contributed by atoms with Crippen LogP contribution < -0.4 is 10.6 Å². The van der Waals surface area contributed by atoms with Crippen molar-refractivity contribution >= 4 is 52.1 Å². The highest BCUT2D eigenvalue weighted by atomic mass is 127. The van der Waals surface area contributed by atoms with Crippen LogP contribution >= 0.6 is 34.2 Å². The Hall–Kier alpha value is -2.14. The first-order valence-corrected chi connectivity index (χ1v) is 9.62. The smallest absolute Gasteiger partial charge is 0.254 e. The summed E-state index contributed by atoms with van der Waals surface area (Å²) in [5.41, 5.74) is 1.15. The van der Waals surface area contributed by atoms with Gasteiger partial charge in [-0.2, -0.15) is 0 Å². The molecule has 2 amide bonds. The number of likely N-dealkylation sites (N-methyl/N-ethyl adjacent to an activating group) is 1. The summed E-state index contributed by atoms with van der Waals surface area (Å²) in [6.45, 7) is 0. The molecule has 1 saturated carbocycles. The Labute approximate surface area is 177 Å². The van der Waals surface area contributed by atoms with Gasteiger partial charge in [0.05, 0.1) is 9.14 Å². The number of amides is 2. The Morgan fingerprint density at radius 1 is 1.21 bits per heavy atom. The SMILES string of the molecule is CNC(=O)/C(=C\NC=O)c1cc(C2CC2c2cc(F)c(I)cc2F)c(Cl)nn1. The molecule has 28 heavy (non-hydrogen) atoms. The molecule has 1 aromatic carbocycles. The van der Waals surface area contributed by atoms with Crippen LogP contribution in [0, 0.1) is 15.2 Å². The monoisotopic (exact) mass is 518 g/mol. The molecule has 10 heteroatoms. The zero-order chi connectivity index (χ0) is 20.4. The number of rotatable bonds is 6. The summed E-state index contributed by atoms with van der Waals surface area (Å²) in [6.07, 6.45) is 2.18. The van der Waals surface area contributed by atoms with E-state index in [1.165, 1.54) is 19.3 Å². The lowest BCUT2D eigenvalue weighted by Gasteiger charge is -2.09. The van der Waals surface area contributed by atoms with Gasteiger partial charge in [-0.05, 0) is 70.2 Å². The van der Waals surface area contributed by atoms with Crippen LogP contribution in [0.4, 0.5) is 8.78 Å². The van der Waals surface area contributed by atoms with E-state index in [0.717, 1.165) is 6.07 Å². The summed E-state index contributed by atoms with van der Waals surface area (Å²) < 4.78 is 28.3. The van der Waals surface area contributed by atoms with Crippen molar-refractivity contribution in [1.82, 2.24) is 20.8 Å².